The van der Waals surface area contributed by atoms with Crippen LogP contribution in [0, 0.1) is 0 Å². The third kappa shape index (κ3) is 4.46. The first kappa shape index (κ1) is 18.9. The molecule has 0 atom stereocenters. The number of ether oxygens (including phenoxy) is 2. The van der Waals surface area contributed by atoms with Crippen LogP contribution in [0.25, 0.3) is 6.08 Å². The summed E-state index contributed by atoms with van der Waals surface area (Å²) in [6.07, 6.45) is 1.47. The molecule has 1 heterocycles. The van der Waals surface area contributed by atoms with Crippen LogP contribution in [0.3, 0.4) is 0 Å². The smallest absolute Gasteiger partial charge is 0.281 e. The monoisotopic (exact) mass is 382 g/mol. The molecule has 0 spiro atoms. The minimum Gasteiger partial charge on any atom is -0.454 e. The highest BCUT2D eigenvalue weighted by Gasteiger charge is 2.16. The third-order valence-corrected chi connectivity index (χ3v) is 3.80. The molecule has 9 nitrogen and oxygen atoms in total. The second-order valence-electron chi connectivity index (χ2n) is 5.86. The van der Waals surface area contributed by atoms with E-state index in [1.54, 1.807) is 30.3 Å². The number of benzene rings is 2. The molecule has 0 bridgehead atoms. The van der Waals surface area contributed by atoms with Gasteiger partial charge in [0.05, 0.1) is 0 Å². The van der Waals surface area contributed by atoms with Gasteiger partial charge in [-0.05, 0) is 48.0 Å². The maximum absolute atomic E-state index is 12.5. The quantitative estimate of drug-likeness (QED) is 0.265. The van der Waals surface area contributed by atoms with Gasteiger partial charge in [-0.25, -0.2) is 5.84 Å². The van der Waals surface area contributed by atoms with Crippen molar-refractivity contribution in [3.05, 3.63) is 59.3 Å². The Labute approximate surface area is 160 Å². The van der Waals surface area contributed by atoms with Crippen LogP contribution >= 0.6 is 0 Å². The van der Waals surface area contributed by atoms with Crippen molar-refractivity contribution in [3.8, 4) is 11.5 Å². The van der Waals surface area contributed by atoms with E-state index in [0.29, 0.717) is 28.3 Å². The number of carbonyl (C=O) groups excluding carboxylic acids is 3. The van der Waals surface area contributed by atoms with E-state index in [1.807, 2.05) is 5.43 Å². The SMILES string of the molecule is CC(=O)Nc1ccc(C(=O)N/C(=C\c2ccc3c(c2)OCO3)C(=O)NN)cc1. The number of carbonyl (C=O) groups is 3. The van der Waals surface area contributed by atoms with Crippen molar-refractivity contribution in [1.82, 2.24) is 10.7 Å². The Kier molecular flexibility index (Phi) is 5.56. The Balaban J connectivity index is 1.79. The van der Waals surface area contributed by atoms with Gasteiger partial charge < -0.3 is 20.1 Å². The summed E-state index contributed by atoms with van der Waals surface area (Å²) in [6.45, 7) is 1.52. The molecule has 0 fully saturated rings. The predicted octanol–water partition coefficient (Wildman–Crippen LogP) is 1.13. The van der Waals surface area contributed by atoms with Crippen LogP contribution in [0.5, 0.6) is 11.5 Å². The van der Waals surface area contributed by atoms with Crippen LogP contribution in [-0.4, -0.2) is 24.5 Å². The van der Waals surface area contributed by atoms with E-state index in [2.05, 4.69) is 10.6 Å². The molecule has 2 aromatic carbocycles. The third-order valence-electron chi connectivity index (χ3n) is 3.80. The average molecular weight is 382 g/mol. The highest BCUT2D eigenvalue weighted by molar-refractivity contribution is 6.05. The van der Waals surface area contributed by atoms with Gasteiger partial charge in [0.25, 0.3) is 11.8 Å². The zero-order valence-corrected chi connectivity index (χ0v) is 14.9. The zero-order valence-electron chi connectivity index (χ0n) is 14.9. The van der Waals surface area contributed by atoms with Gasteiger partial charge in [0.2, 0.25) is 12.7 Å². The lowest BCUT2D eigenvalue weighted by atomic mass is 10.1. The van der Waals surface area contributed by atoms with E-state index in [0.717, 1.165) is 0 Å². The molecule has 144 valence electrons. The summed E-state index contributed by atoms with van der Waals surface area (Å²) >= 11 is 0. The second-order valence-corrected chi connectivity index (χ2v) is 5.86. The summed E-state index contributed by atoms with van der Waals surface area (Å²) in [5.74, 6) is 4.97. The summed E-state index contributed by atoms with van der Waals surface area (Å²) in [5.41, 5.74) is 3.43. The normalized spacial score (nSPS) is 12.3. The Bertz CT molecular complexity index is 953. The van der Waals surface area contributed by atoms with E-state index in [4.69, 9.17) is 15.3 Å². The molecule has 28 heavy (non-hydrogen) atoms. The maximum Gasteiger partial charge on any atom is 0.281 e. The fourth-order valence-electron chi connectivity index (χ4n) is 2.51. The molecule has 0 aromatic heterocycles. The number of hydrazine groups is 1. The number of hydrogen-bond donors (Lipinski definition) is 4. The Morgan fingerprint density at radius 1 is 1.04 bits per heavy atom. The van der Waals surface area contributed by atoms with Crippen molar-refractivity contribution in [2.75, 3.05) is 12.1 Å². The van der Waals surface area contributed by atoms with Gasteiger partial charge in [-0.1, -0.05) is 6.07 Å². The zero-order chi connectivity index (χ0) is 20.1. The molecule has 0 unspecified atom stereocenters. The molecule has 0 saturated heterocycles. The number of nitrogens with two attached hydrogens (primary N) is 1. The largest absolute Gasteiger partial charge is 0.454 e. The highest BCUT2D eigenvalue weighted by Crippen LogP contribution is 2.33. The minimum atomic E-state index is -0.666. The highest BCUT2D eigenvalue weighted by atomic mass is 16.7. The van der Waals surface area contributed by atoms with Gasteiger partial charge in [0.15, 0.2) is 11.5 Å². The molecule has 2 aromatic rings. The Hall–Kier alpha value is -3.85. The Morgan fingerprint density at radius 2 is 1.75 bits per heavy atom. The summed E-state index contributed by atoms with van der Waals surface area (Å²) < 4.78 is 10.5. The van der Waals surface area contributed by atoms with E-state index in [9.17, 15) is 14.4 Å². The minimum absolute atomic E-state index is 0.0442. The van der Waals surface area contributed by atoms with Crippen LogP contribution in [-0.2, 0) is 9.59 Å². The molecule has 3 rings (SSSR count). The number of hydrogen-bond acceptors (Lipinski definition) is 6. The summed E-state index contributed by atoms with van der Waals surface area (Å²) in [4.78, 5) is 35.6. The van der Waals surface area contributed by atoms with Crippen LogP contribution in [0.1, 0.15) is 22.8 Å². The first-order chi connectivity index (χ1) is 13.5. The molecule has 9 heteroatoms. The van der Waals surface area contributed by atoms with Crippen LogP contribution < -0.4 is 31.4 Å². The van der Waals surface area contributed by atoms with Crippen molar-refractivity contribution in [2.45, 2.75) is 6.92 Å². The van der Waals surface area contributed by atoms with Gasteiger partial charge in [0.1, 0.15) is 5.70 Å². The molecule has 0 aliphatic carbocycles. The predicted molar refractivity (Wildman–Crippen MR) is 101 cm³/mol. The first-order valence-electron chi connectivity index (χ1n) is 8.27. The van der Waals surface area contributed by atoms with Crippen LogP contribution in [0.2, 0.25) is 0 Å². The fourth-order valence-corrected chi connectivity index (χ4v) is 2.51. The summed E-state index contributed by atoms with van der Waals surface area (Å²) in [6, 6.07) is 11.3. The lowest BCUT2D eigenvalue weighted by Gasteiger charge is -2.10. The molecular weight excluding hydrogens is 364 g/mol. The molecule has 1 aliphatic rings. The van der Waals surface area contributed by atoms with Gasteiger partial charge in [-0.3, -0.25) is 19.8 Å². The molecule has 0 radical (unpaired) electrons. The van der Waals surface area contributed by atoms with E-state index in [-0.39, 0.29) is 18.4 Å². The van der Waals surface area contributed by atoms with Gasteiger partial charge >= 0.3 is 0 Å². The van der Waals surface area contributed by atoms with E-state index >= 15 is 0 Å². The van der Waals surface area contributed by atoms with Crippen molar-refractivity contribution < 1.29 is 23.9 Å². The van der Waals surface area contributed by atoms with Gasteiger partial charge in [-0.15, -0.1) is 0 Å². The Morgan fingerprint density at radius 3 is 2.43 bits per heavy atom. The van der Waals surface area contributed by atoms with Crippen LogP contribution in [0.4, 0.5) is 5.69 Å². The number of fused-ring (bicyclic) bond motifs is 1. The standard InChI is InChI=1S/C19H18N4O5/c1-11(24)21-14-5-3-13(4-6-14)18(25)22-15(19(26)23-20)8-12-2-7-16-17(9-12)28-10-27-16/h2-9H,10,20H2,1H3,(H,21,24)(H,22,25)(H,23,26)/b15-8-. The number of amides is 3. The molecular formula is C19H18N4O5. The number of nitrogens with one attached hydrogen (secondary N) is 3. The lowest BCUT2D eigenvalue weighted by molar-refractivity contribution is -0.117. The fraction of sp³-hybridized carbons (Fsp3) is 0.105. The average Bonchev–Trinajstić information content (AvgIpc) is 3.14. The van der Waals surface area contributed by atoms with Crippen LogP contribution in [0.15, 0.2) is 48.2 Å². The van der Waals surface area contributed by atoms with Gasteiger partial charge in [-0.2, -0.15) is 0 Å². The van der Waals surface area contributed by atoms with Crippen molar-refractivity contribution >= 4 is 29.5 Å². The van der Waals surface area contributed by atoms with Crippen molar-refractivity contribution in [2.24, 2.45) is 5.84 Å². The molecule has 0 saturated carbocycles. The van der Waals surface area contributed by atoms with Crippen molar-refractivity contribution in [3.63, 3.8) is 0 Å². The molecule has 3 amide bonds. The summed E-state index contributed by atoms with van der Waals surface area (Å²) in [5, 5.41) is 5.14. The first-order valence-corrected chi connectivity index (χ1v) is 8.27. The topological polar surface area (TPSA) is 132 Å². The molecule has 1 aliphatic heterocycles. The van der Waals surface area contributed by atoms with E-state index in [1.165, 1.54) is 25.1 Å². The number of rotatable bonds is 5. The summed E-state index contributed by atoms with van der Waals surface area (Å²) in [7, 11) is 0. The second kappa shape index (κ2) is 8.23. The van der Waals surface area contributed by atoms with Gasteiger partial charge in [0, 0.05) is 18.2 Å². The van der Waals surface area contributed by atoms with Crippen molar-refractivity contribution in [1.29, 1.82) is 0 Å². The number of anilines is 1. The van der Waals surface area contributed by atoms with E-state index < -0.39 is 11.8 Å². The molecule has 5 N–H and O–H groups in total. The maximum atomic E-state index is 12.5. The lowest BCUT2D eigenvalue weighted by Crippen LogP contribution is -2.38.